The molecule has 4 N–H and O–H groups in total. The molecule has 16 heavy (non-hydrogen) atoms. The van der Waals surface area contributed by atoms with E-state index in [-0.39, 0.29) is 24.9 Å². The lowest BCUT2D eigenvalue weighted by Crippen LogP contribution is -2.38. The Hall–Kier alpha value is -1.14. The minimum atomic E-state index is -0.827. The molecule has 0 aliphatic rings. The molecule has 0 aliphatic carbocycles. The van der Waals surface area contributed by atoms with Gasteiger partial charge in [0, 0.05) is 25.2 Å². The number of rotatable bonds is 9. The van der Waals surface area contributed by atoms with E-state index in [1.54, 1.807) is 13.8 Å². The SMILES string of the molecule is CC(CC(=O)O)NCCNC(C)CC(=O)O. The van der Waals surface area contributed by atoms with Gasteiger partial charge in [-0.05, 0) is 13.8 Å². The van der Waals surface area contributed by atoms with E-state index in [1.165, 1.54) is 0 Å². The molecule has 6 heteroatoms. The van der Waals surface area contributed by atoms with E-state index >= 15 is 0 Å². The third-order valence-corrected chi connectivity index (χ3v) is 2.07. The van der Waals surface area contributed by atoms with Gasteiger partial charge in [-0.15, -0.1) is 0 Å². The van der Waals surface area contributed by atoms with Crippen molar-refractivity contribution in [2.24, 2.45) is 0 Å². The molecule has 0 aliphatic heterocycles. The molecule has 0 saturated carbocycles. The van der Waals surface area contributed by atoms with E-state index in [2.05, 4.69) is 10.6 Å². The molecule has 2 atom stereocenters. The lowest BCUT2D eigenvalue weighted by Gasteiger charge is -2.14. The third-order valence-electron chi connectivity index (χ3n) is 2.07. The molecule has 0 bridgehead atoms. The highest BCUT2D eigenvalue weighted by molar-refractivity contribution is 5.67. The Morgan fingerprint density at radius 2 is 1.25 bits per heavy atom. The Kier molecular flexibility index (Phi) is 7.49. The van der Waals surface area contributed by atoms with E-state index in [4.69, 9.17) is 10.2 Å². The number of nitrogens with one attached hydrogen (secondary N) is 2. The van der Waals surface area contributed by atoms with Gasteiger partial charge < -0.3 is 20.8 Å². The second kappa shape index (κ2) is 8.06. The zero-order valence-corrected chi connectivity index (χ0v) is 9.69. The van der Waals surface area contributed by atoms with Gasteiger partial charge in [0.05, 0.1) is 12.8 Å². The molecule has 0 spiro atoms. The highest BCUT2D eigenvalue weighted by atomic mass is 16.4. The number of hydrogen-bond acceptors (Lipinski definition) is 4. The Morgan fingerprint density at radius 1 is 0.938 bits per heavy atom. The summed E-state index contributed by atoms with van der Waals surface area (Å²) in [6.45, 7) is 4.85. The highest BCUT2D eigenvalue weighted by Gasteiger charge is 2.08. The van der Waals surface area contributed by atoms with Gasteiger partial charge in [-0.1, -0.05) is 0 Å². The summed E-state index contributed by atoms with van der Waals surface area (Å²) in [5.74, 6) is -1.65. The lowest BCUT2D eigenvalue weighted by atomic mass is 10.2. The number of carboxylic acids is 2. The average Bonchev–Trinajstić information content (AvgIpc) is 2.10. The Bertz CT molecular complexity index is 209. The molecule has 0 amide bonds. The van der Waals surface area contributed by atoms with E-state index in [0.29, 0.717) is 13.1 Å². The highest BCUT2D eigenvalue weighted by Crippen LogP contribution is 1.90. The van der Waals surface area contributed by atoms with Crippen LogP contribution >= 0.6 is 0 Å². The Balaban J connectivity index is 3.45. The van der Waals surface area contributed by atoms with Crippen LogP contribution in [0.15, 0.2) is 0 Å². The van der Waals surface area contributed by atoms with Crippen molar-refractivity contribution in [3.05, 3.63) is 0 Å². The van der Waals surface area contributed by atoms with Crippen molar-refractivity contribution in [1.82, 2.24) is 10.6 Å². The maximum absolute atomic E-state index is 10.4. The lowest BCUT2D eigenvalue weighted by molar-refractivity contribution is -0.138. The predicted molar refractivity (Wildman–Crippen MR) is 59.4 cm³/mol. The van der Waals surface area contributed by atoms with Crippen LogP contribution < -0.4 is 10.6 Å². The molecule has 6 nitrogen and oxygen atoms in total. The van der Waals surface area contributed by atoms with Crippen LogP contribution in [-0.4, -0.2) is 47.3 Å². The first kappa shape index (κ1) is 14.9. The molecule has 0 radical (unpaired) electrons. The van der Waals surface area contributed by atoms with Gasteiger partial charge in [0.25, 0.3) is 0 Å². The molecule has 0 saturated heterocycles. The number of hydrogen-bond donors (Lipinski definition) is 4. The van der Waals surface area contributed by atoms with Crippen LogP contribution in [0.5, 0.6) is 0 Å². The molecule has 0 aromatic carbocycles. The standard InChI is InChI=1S/C10H20N2O4/c1-7(5-9(13)14)11-3-4-12-8(2)6-10(15)16/h7-8,11-12H,3-6H2,1-2H3,(H,13,14)(H,15,16). The zero-order chi connectivity index (χ0) is 12.6. The fraction of sp³-hybridized carbons (Fsp3) is 0.800. The molecular weight excluding hydrogens is 212 g/mol. The van der Waals surface area contributed by atoms with Crippen molar-refractivity contribution < 1.29 is 19.8 Å². The van der Waals surface area contributed by atoms with Crippen LogP contribution in [0.4, 0.5) is 0 Å². The van der Waals surface area contributed by atoms with Gasteiger partial charge in [-0.2, -0.15) is 0 Å². The van der Waals surface area contributed by atoms with Gasteiger partial charge in [-0.25, -0.2) is 0 Å². The summed E-state index contributed by atoms with van der Waals surface area (Å²) in [7, 11) is 0. The van der Waals surface area contributed by atoms with Crippen LogP contribution in [0.25, 0.3) is 0 Å². The van der Waals surface area contributed by atoms with Gasteiger partial charge in [0.15, 0.2) is 0 Å². The van der Waals surface area contributed by atoms with E-state index in [0.717, 1.165) is 0 Å². The molecule has 2 unspecified atom stereocenters. The summed E-state index contributed by atoms with van der Waals surface area (Å²) in [4.78, 5) is 20.7. The normalized spacial score (nSPS) is 14.4. The second-order valence-electron chi connectivity index (χ2n) is 3.91. The molecule has 94 valence electrons. The molecule has 0 heterocycles. The smallest absolute Gasteiger partial charge is 0.304 e. The average molecular weight is 232 g/mol. The summed E-state index contributed by atoms with van der Waals surface area (Å²) in [6.07, 6.45) is 0.176. The third kappa shape index (κ3) is 9.42. The predicted octanol–water partition coefficient (Wildman–Crippen LogP) is -0.108. The summed E-state index contributed by atoms with van der Waals surface area (Å²) in [5.41, 5.74) is 0. The first-order chi connectivity index (χ1) is 7.41. The van der Waals surface area contributed by atoms with Crippen molar-refractivity contribution in [3.63, 3.8) is 0 Å². The summed E-state index contributed by atoms with van der Waals surface area (Å²) in [6, 6.07) is -0.150. The topological polar surface area (TPSA) is 98.7 Å². The maximum atomic E-state index is 10.4. The van der Waals surface area contributed by atoms with E-state index < -0.39 is 11.9 Å². The van der Waals surface area contributed by atoms with Crippen molar-refractivity contribution in [3.8, 4) is 0 Å². The second-order valence-corrected chi connectivity index (χ2v) is 3.91. The van der Waals surface area contributed by atoms with Crippen LogP contribution in [0.2, 0.25) is 0 Å². The fourth-order valence-corrected chi connectivity index (χ4v) is 1.31. The van der Waals surface area contributed by atoms with Crippen molar-refractivity contribution >= 4 is 11.9 Å². The molecular formula is C10H20N2O4. The van der Waals surface area contributed by atoms with E-state index in [1.807, 2.05) is 0 Å². The number of carboxylic acid groups (broad SMARTS) is 2. The van der Waals surface area contributed by atoms with Gasteiger partial charge in [-0.3, -0.25) is 9.59 Å². The summed E-state index contributed by atoms with van der Waals surface area (Å²) >= 11 is 0. The van der Waals surface area contributed by atoms with Crippen molar-refractivity contribution in [2.75, 3.05) is 13.1 Å². The Labute approximate surface area is 95.0 Å². The van der Waals surface area contributed by atoms with Crippen LogP contribution in [0.1, 0.15) is 26.7 Å². The minimum absolute atomic E-state index is 0.0749. The first-order valence-electron chi connectivity index (χ1n) is 5.32. The maximum Gasteiger partial charge on any atom is 0.304 e. The van der Waals surface area contributed by atoms with Gasteiger partial charge in [0.2, 0.25) is 0 Å². The quantitative estimate of drug-likeness (QED) is 0.414. The number of carbonyl (C=O) groups is 2. The molecule has 0 fully saturated rings. The van der Waals surface area contributed by atoms with Crippen LogP contribution in [0.3, 0.4) is 0 Å². The number of aliphatic carboxylic acids is 2. The van der Waals surface area contributed by atoms with Gasteiger partial charge in [0.1, 0.15) is 0 Å². The van der Waals surface area contributed by atoms with Crippen molar-refractivity contribution in [1.29, 1.82) is 0 Å². The first-order valence-corrected chi connectivity index (χ1v) is 5.32. The summed E-state index contributed by atoms with van der Waals surface area (Å²) < 4.78 is 0. The fourth-order valence-electron chi connectivity index (χ4n) is 1.31. The molecule has 0 aromatic rings. The summed E-state index contributed by atoms with van der Waals surface area (Å²) in [5, 5.41) is 23.1. The minimum Gasteiger partial charge on any atom is -0.481 e. The van der Waals surface area contributed by atoms with Crippen LogP contribution in [0, 0.1) is 0 Å². The Morgan fingerprint density at radius 3 is 1.50 bits per heavy atom. The largest absolute Gasteiger partial charge is 0.481 e. The van der Waals surface area contributed by atoms with Gasteiger partial charge >= 0.3 is 11.9 Å². The zero-order valence-electron chi connectivity index (χ0n) is 9.69. The monoisotopic (exact) mass is 232 g/mol. The van der Waals surface area contributed by atoms with Crippen LogP contribution in [-0.2, 0) is 9.59 Å². The van der Waals surface area contributed by atoms with Crippen molar-refractivity contribution in [2.45, 2.75) is 38.8 Å². The molecule has 0 aromatic heterocycles. The molecule has 0 rings (SSSR count). The van der Waals surface area contributed by atoms with E-state index in [9.17, 15) is 9.59 Å².